The van der Waals surface area contributed by atoms with Gasteiger partial charge < -0.3 is 40.3 Å². The summed E-state index contributed by atoms with van der Waals surface area (Å²) in [6.07, 6.45) is 3.66. The van der Waals surface area contributed by atoms with Crippen LogP contribution in [-0.4, -0.2) is 81.6 Å². The highest BCUT2D eigenvalue weighted by Gasteiger charge is 2.32. The first-order valence-electron chi connectivity index (χ1n) is 13.4. The Hall–Kier alpha value is -3.74. The number of rotatable bonds is 16. The van der Waals surface area contributed by atoms with E-state index in [1.807, 2.05) is 6.92 Å². The van der Waals surface area contributed by atoms with Gasteiger partial charge in [0, 0.05) is 37.4 Å². The van der Waals surface area contributed by atoms with Gasteiger partial charge in [-0.05, 0) is 38.2 Å². The molecular formula is C30H44N2O10. The summed E-state index contributed by atoms with van der Waals surface area (Å²) >= 11 is 0. The Labute approximate surface area is 247 Å². The fourth-order valence-corrected chi connectivity index (χ4v) is 4.64. The van der Waals surface area contributed by atoms with Crippen molar-refractivity contribution in [1.29, 1.82) is 0 Å². The van der Waals surface area contributed by atoms with Crippen LogP contribution in [0.3, 0.4) is 0 Å². The molecule has 0 heterocycles. The van der Waals surface area contributed by atoms with Gasteiger partial charge in [0.25, 0.3) is 0 Å². The summed E-state index contributed by atoms with van der Waals surface area (Å²) < 4.78 is 26.3. The summed E-state index contributed by atoms with van der Waals surface area (Å²) in [7, 11) is 5.49. The summed E-state index contributed by atoms with van der Waals surface area (Å²) in [4.78, 5) is 48.1. The highest BCUT2D eigenvalue weighted by Crippen LogP contribution is 2.28. The first kappa shape index (κ1) is 36.3. The number of hydrogen-bond acceptors (Lipinski definition) is 11. The minimum atomic E-state index is -1.02. The van der Waals surface area contributed by atoms with Crippen molar-refractivity contribution in [1.82, 2.24) is 0 Å². The fraction of sp³-hybridized carbons (Fsp3) is 0.533. The summed E-state index contributed by atoms with van der Waals surface area (Å²) in [5, 5.41) is 11.2. The molecule has 1 amide bonds. The second-order valence-corrected chi connectivity index (χ2v) is 10.2. The van der Waals surface area contributed by atoms with Gasteiger partial charge in [-0.3, -0.25) is 9.59 Å². The Bertz CT molecular complexity index is 1150. The molecule has 12 heteroatoms. The smallest absolute Gasteiger partial charge is 0.405 e. The lowest BCUT2D eigenvalue weighted by Crippen LogP contribution is -2.37. The number of aliphatic hydroxyl groups is 1. The maximum Gasteiger partial charge on any atom is 0.405 e. The van der Waals surface area contributed by atoms with E-state index in [4.69, 9.17) is 30.4 Å². The van der Waals surface area contributed by atoms with Crippen molar-refractivity contribution in [2.75, 3.05) is 28.4 Å². The van der Waals surface area contributed by atoms with Gasteiger partial charge in [0.15, 0.2) is 11.9 Å². The van der Waals surface area contributed by atoms with Gasteiger partial charge >= 0.3 is 12.1 Å². The van der Waals surface area contributed by atoms with Crippen LogP contribution in [0.15, 0.2) is 58.6 Å². The molecule has 234 valence electrons. The number of hydrogen-bond donors (Lipinski definition) is 3. The van der Waals surface area contributed by atoms with Crippen LogP contribution in [0.2, 0.25) is 0 Å². The Morgan fingerprint density at radius 1 is 1.07 bits per heavy atom. The van der Waals surface area contributed by atoms with Gasteiger partial charge in [0.2, 0.25) is 11.6 Å². The third-order valence-electron chi connectivity index (χ3n) is 6.88. The van der Waals surface area contributed by atoms with Crippen LogP contribution in [0.4, 0.5) is 4.79 Å². The Morgan fingerprint density at radius 3 is 2.24 bits per heavy atom. The number of carbonyl (C=O) groups excluding carboxylic acids is 4. The molecule has 0 saturated carbocycles. The zero-order chi connectivity index (χ0) is 32.1. The first-order chi connectivity index (χ1) is 19.7. The second kappa shape index (κ2) is 17.3. The number of aliphatic hydroxyl groups excluding tert-OH is 1. The van der Waals surface area contributed by atoms with Crippen LogP contribution in [0.5, 0.6) is 0 Å². The van der Waals surface area contributed by atoms with Gasteiger partial charge in [0.05, 0.1) is 32.1 Å². The molecule has 5 N–H and O–H groups in total. The van der Waals surface area contributed by atoms with Crippen LogP contribution in [0.1, 0.15) is 40.5 Å². The normalized spacial score (nSPS) is 19.1. The lowest BCUT2D eigenvalue weighted by molar-refractivity contribution is -0.136. The molecule has 42 heavy (non-hydrogen) atoms. The van der Waals surface area contributed by atoms with Crippen molar-refractivity contribution in [3.8, 4) is 0 Å². The van der Waals surface area contributed by atoms with E-state index >= 15 is 0 Å². The molecule has 0 aromatic carbocycles. The number of primary amides is 1. The van der Waals surface area contributed by atoms with Crippen molar-refractivity contribution >= 4 is 23.6 Å². The van der Waals surface area contributed by atoms with Gasteiger partial charge in [-0.25, -0.2) is 9.59 Å². The molecule has 0 bridgehead atoms. The Balaban J connectivity index is 3.12. The van der Waals surface area contributed by atoms with Crippen LogP contribution in [-0.2, 0) is 38.1 Å². The topological polar surface area (TPSA) is 187 Å². The zero-order valence-corrected chi connectivity index (χ0v) is 25.5. The van der Waals surface area contributed by atoms with Gasteiger partial charge in [-0.2, -0.15) is 0 Å². The number of esters is 1. The van der Waals surface area contributed by atoms with E-state index in [0.29, 0.717) is 17.6 Å². The van der Waals surface area contributed by atoms with Crippen LogP contribution >= 0.6 is 0 Å². The number of ether oxygens (including phenoxy) is 5. The molecule has 1 rings (SSSR count). The molecule has 0 aromatic rings. The van der Waals surface area contributed by atoms with Gasteiger partial charge in [-0.15, -0.1) is 0 Å². The Morgan fingerprint density at radius 2 is 1.71 bits per heavy atom. The summed E-state index contributed by atoms with van der Waals surface area (Å²) in [6, 6.07) is 0. The van der Waals surface area contributed by atoms with Gasteiger partial charge in [-0.1, -0.05) is 38.2 Å². The maximum absolute atomic E-state index is 12.6. The third-order valence-corrected chi connectivity index (χ3v) is 6.88. The standard InChI is InChI=1S/C30H44N2O10/c1-16(12-20-26(35)21(31)15-22(33)28(20)40-7)13-24(39-6)25(34)18(3)14-19(4)27(42-30(32)37)23(38-5)11-9-10-17(2)29(36)41-8/h9-11,14-16,18,23-25,27,34H,12-13,31H2,1-8H3,(H2,32,37)/b11-9+,17-10+,19-14+/t16-,18-,23-,24-,25-,27+/m0/s1. The van der Waals surface area contributed by atoms with E-state index in [1.54, 1.807) is 39.0 Å². The SMILES string of the molecule is COC(=O)/C(C)=C/C=C/[C@H](OC)[C@H](OC(N)=O)/C(C)=C/[C@H](C)[C@H](O)[C@H](C[C@@H](C)CC1=C(OC)C(=O)C=C(N)C1=O)OC. The summed E-state index contributed by atoms with van der Waals surface area (Å²) in [5.41, 5.74) is 12.0. The molecule has 1 aliphatic carbocycles. The average molecular weight is 593 g/mol. The molecule has 0 saturated heterocycles. The molecule has 0 radical (unpaired) electrons. The van der Waals surface area contributed by atoms with Crippen LogP contribution in [0, 0.1) is 11.8 Å². The van der Waals surface area contributed by atoms with Gasteiger partial charge in [0.1, 0.15) is 6.10 Å². The number of amides is 1. The van der Waals surface area contributed by atoms with Crippen molar-refractivity contribution in [3.05, 3.63) is 58.6 Å². The number of allylic oxidation sites excluding steroid dienone is 4. The van der Waals surface area contributed by atoms with Crippen LogP contribution < -0.4 is 11.5 Å². The quantitative estimate of drug-likeness (QED) is 0.0785. The van der Waals surface area contributed by atoms with E-state index in [1.165, 1.54) is 34.5 Å². The molecule has 0 aromatic heterocycles. The number of methoxy groups -OCH3 is 4. The van der Waals surface area contributed by atoms with Crippen LogP contribution in [0.25, 0.3) is 0 Å². The third kappa shape index (κ3) is 10.3. The number of carbonyl (C=O) groups is 4. The zero-order valence-electron chi connectivity index (χ0n) is 25.5. The average Bonchev–Trinajstić information content (AvgIpc) is 2.94. The van der Waals surface area contributed by atoms with E-state index in [-0.39, 0.29) is 29.4 Å². The molecule has 1 aliphatic rings. The molecule has 12 nitrogen and oxygen atoms in total. The van der Waals surface area contributed by atoms with Crippen molar-refractivity contribution < 1.29 is 48.0 Å². The molecular weight excluding hydrogens is 548 g/mol. The summed E-state index contributed by atoms with van der Waals surface area (Å²) in [5.74, 6) is -2.14. The highest BCUT2D eigenvalue weighted by atomic mass is 16.6. The molecule has 0 unspecified atom stereocenters. The number of ketones is 2. The summed E-state index contributed by atoms with van der Waals surface area (Å²) in [6.45, 7) is 6.93. The number of Topliss-reactive ketones (excluding diaryl/α,β-unsaturated/α-hetero) is 1. The highest BCUT2D eigenvalue weighted by molar-refractivity contribution is 6.21. The molecule has 6 atom stereocenters. The second-order valence-electron chi connectivity index (χ2n) is 10.2. The van der Waals surface area contributed by atoms with E-state index < -0.39 is 54.0 Å². The molecule has 0 aliphatic heterocycles. The minimum Gasteiger partial charge on any atom is -0.492 e. The minimum absolute atomic E-state index is 0.0410. The Kier molecular flexibility index (Phi) is 14.9. The predicted molar refractivity (Wildman–Crippen MR) is 155 cm³/mol. The lowest BCUT2D eigenvalue weighted by Gasteiger charge is -2.29. The van der Waals surface area contributed by atoms with Crippen molar-refractivity contribution in [2.24, 2.45) is 23.3 Å². The van der Waals surface area contributed by atoms with E-state index in [0.717, 1.165) is 6.08 Å². The molecule has 0 fully saturated rings. The number of nitrogens with two attached hydrogens (primary N) is 2. The fourth-order valence-electron chi connectivity index (χ4n) is 4.64. The van der Waals surface area contributed by atoms with E-state index in [9.17, 15) is 24.3 Å². The van der Waals surface area contributed by atoms with Crippen molar-refractivity contribution in [3.63, 3.8) is 0 Å². The largest absolute Gasteiger partial charge is 0.492 e. The predicted octanol–water partition coefficient (Wildman–Crippen LogP) is 2.41. The van der Waals surface area contributed by atoms with Crippen molar-refractivity contribution in [2.45, 2.75) is 65.0 Å². The maximum atomic E-state index is 12.6. The molecule has 0 spiro atoms. The lowest BCUT2D eigenvalue weighted by atomic mass is 9.85. The van der Waals surface area contributed by atoms with E-state index in [2.05, 4.69) is 4.74 Å². The first-order valence-corrected chi connectivity index (χ1v) is 13.4. The monoisotopic (exact) mass is 592 g/mol.